The average molecular weight is 905 g/mol. The van der Waals surface area contributed by atoms with Gasteiger partial charge in [-0.05, 0) is 88.0 Å². The number of rotatable bonds is 10. The molecule has 0 atom stereocenters. The number of pyridine rings is 1. The molecule has 69 heavy (non-hydrogen) atoms. The molecule has 0 unspecified atom stereocenters. The van der Waals surface area contributed by atoms with Crippen molar-refractivity contribution in [3.05, 3.63) is 228 Å². The molecule has 0 bridgehead atoms. The Bertz CT molecular complexity index is 3350. The van der Waals surface area contributed by atoms with Gasteiger partial charge >= 0.3 is 0 Å². The molecule has 0 amide bonds. The van der Waals surface area contributed by atoms with Crippen LogP contribution in [0.25, 0.3) is 38.8 Å². The van der Waals surface area contributed by atoms with Crippen molar-refractivity contribution >= 4 is 33.2 Å². The largest absolute Gasteiger partial charge is 0.457 e. The molecule has 5 heteroatoms. The van der Waals surface area contributed by atoms with Crippen LogP contribution in [0.4, 0.5) is 11.4 Å². The summed E-state index contributed by atoms with van der Waals surface area (Å²) in [6, 6.07) is 67.7. The van der Waals surface area contributed by atoms with Crippen LogP contribution in [0, 0.1) is 10.8 Å². The Morgan fingerprint density at radius 1 is 0.406 bits per heavy atom. The lowest BCUT2D eigenvalue weighted by Crippen LogP contribution is -2.31. The molecule has 9 aromatic rings. The van der Waals surface area contributed by atoms with Crippen molar-refractivity contribution in [3.63, 3.8) is 0 Å². The van der Waals surface area contributed by atoms with Crippen LogP contribution in [-0.2, 0) is 10.8 Å². The quantitative estimate of drug-likeness (QED) is 0.137. The Morgan fingerprint density at radius 2 is 0.971 bits per heavy atom. The van der Waals surface area contributed by atoms with E-state index in [2.05, 4.69) is 272 Å². The standard InChI is InChI=1S/C64H64N4O/c1-61(2,3)59-60(62(4,5)6)67(51-38-45(44-23-14-11-15-24-44)37-49(39-51)64(9,10)47-27-18-13-19-28-47)43-66(59)50-29-22-30-52(41-50)69-53-33-34-55-54-31-20-21-32-56(54)68(57(55)42-53)58-40-48(35-36-65-58)63(7,8)46-25-16-12-17-26-46/h11-42H,43H2,1-10H3. The first kappa shape index (κ1) is 45.4. The van der Waals surface area contributed by atoms with Crippen LogP contribution in [0.2, 0.25) is 0 Å². The number of hydrogen-bond donors (Lipinski definition) is 0. The number of aromatic nitrogens is 2. The van der Waals surface area contributed by atoms with Gasteiger partial charge in [0.05, 0.1) is 17.7 Å². The van der Waals surface area contributed by atoms with Gasteiger partial charge in [0.2, 0.25) is 0 Å². The molecule has 0 fully saturated rings. The Morgan fingerprint density at radius 3 is 1.62 bits per heavy atom. The highest BCUT2D eigenvalue weighted by Gasteiger charge is 2.42. The minimum Gasteiger partial charge on any atom is -0.457 e. The van der Waals surface area contributed by atoms with Gasteiger partial charge in [-0.1, -0.05) is 191 Å². The van der Waals surface area contributed by atoms with Crippen LogP contribution in [0.5, 0.6) is 11.5 Å². The Hall–Kier alpha value is -7.37. The summed E-state index contributed by atoms with van der Waals surface area (Å²) in [6.45, 7) is 24.0. The van der Waals surface area contributed by atoms with Crippen LogP contribution in [0.3, 0.4) is 0 Å². The van der Waals surface area contributed by atoms with Gasteiger partial charge in [0.1, 0.15) is 17.3 Å². The first-order valence-electron chi connectivity index (χ1n) is 24.4. The number of fused-ring (bicyclic) bond motifs is 3. The lowest BCUT2D eigenvalue weighted by Gasteiger charge is -2.35. The second-order valence-corrected chi connectivity index (χ2v) is 21.8. The SMILES string of the molecule is CC(C)(C)C1=C(C(C)(C)C)N(c2cc(-c3ccccc3)cc(C(C)(C)c3ccccc3)c2)CN1c1cccc(Oc2ccc3c4ccccc4n(-c4cc(C(C)(C)c5ccccc5)ccn4)c3c2)c1. The van der Waals surface area contributed by atoms with E-state index in [1.807, 2.05) is 6.20 Å². The van der Waals surface area contributed by atoms with Crippen LogP contribution >= 0.6 is 0 Å². The van der Waals surface area contributed by atoms with Crippen molar-refractivity contribution in [3.8, 4) is 28.4 Å². The van der Waals surface area contributed by atoms with Crippen molar-refractivity contribution in [2.45, 2.75) is 80.1 Å². The van der Waals surface area contributed by atoms with Gasteiger partial charge in [-0.2, -0.15) is 0 Å². The number of allylic oxidation sites excluding steroid dienone is 2. The van der Waals surface area contributed by atoms with Crippen molar-refractivity contribution in [1.82, 2.24) is 9.55 Å². The van der Waals surface area contributed by atoms with Crippen LogP contribution in [-0.4, -0.2) is 16.2 Å². The minimum atomic E-state index is -0.235. The predicted molar refractivity (Wildman–Crippen MR) is 290 cm³/mol. The molecule has 2 aromatic heterocycles. The molecule has 0 saturated heterocycles. The fourth-order valence-electron chi connectivity index (χ4n) is 10.5. The monoisotopic (exact) mass is 905 g/mol. The molecule has 1 aliphatic rings. The van der Waals surface area contributed by atoms with E-state index in [1.54, 1.807) is 0 Å². The fourth-order valence-corrected chi connectivity index (χ4v) is 10.5. The van der Waals surface area contributed by atoms with E-state index in [1.165, 1.54) is 55.8 Å². The zero-order valence-electron chi connectivity index (χ0n) is 41.9. The first-order chi connectivity index (χ1) is 33.0. The Balaban J connectivity index is 1.04. The number of benzene rings is 7. The maximum atomic E-state index is 6.91. The lowest BCUT2D eigenvalue weighted by molar-refractivity contribution is 0.444. The molecule has 0 N–H and O–H groups in total. The smallest absolute Gasteiger partial charge is 0.137 e. The van der Waals surface area contributed by atoms with Crippen LogP contribution in [0.1, 0.15) is 91.5 Å². The number of para-hydroxylation sites is 1. The van der Waals surface area contributed by atoms with Gasteiger partial charge in [0, 0.05) is 73.5 Å². The number of nitrogens with zero attached hydrogens (tertiary/aromatic N) is 4. The average Bonchev–Trinajstić information content (AvgIpc) is 3.93. The minimum absolute atomic E-state index is 0.178. The van der Waals surface area contributed by atoms with Gasteiger partial charge < -0.3 is 14.5 Å². The van der Waals surface area contributed by atoms with Gasteiger partial charge in [0.25, 0.3) is 0 Å². The van der Waals surface area contributed by atoms with E-state index in [0.29, 0.717) is 6.67 Å². The molecule has 1 aliphatic heterocycles. The third kappa shape index (κ3) is 8.50. The molecular formula is C64H64N4O. The summed E-state index contributed by atoms with van der Waals surface area (Å²) in [4.78, 5) is 10.1. The van der Waals surface area contributed by atoms with E-state index in [-0.39, 0.29) is 21.7 Å². The first-order valence-corrected chi connectivity index (χ1v) is 24.4. The van der Waals surface area contributed by atoms with Crippen molar-refractivity contribution < 1.29 is 4.74 Å². The zero-order chi connectivity index (χ0) is 48.3. The molecule has 5 nitrogen and oxygen atoms in total. The molecule has 3 heterocycles. The zero-order valence-corrected chi connectivity index (χ0v) is 41.9. The maximum Gasteiger partial charge on any atom is 0.137 e. The molecule has 0 aliphatic carbocycles. The highest BCUT2D eigenvalue weighted by atomic mass is 16.5. The molecule has 0 spiro atoms. The third-order valence-corrected chi connectivity index (χ3v) is 14.2. The van der Waals surface area contributed by atoms with E-state index >= 15 is 0 Å². The van der Waals surface area contributed by atoms with E-state index in [4.69, 9.17) is 9.72 Å². The van der Waals surface area contributed by atoms with Crippen LogP contribution in [0.15, 0.2) is 206 Å². The second-order valence-electron chi connectivity index (χ2n) is 21.8. The van der Waals surface area contributed by atoms with Gasteiger partial charge in [0.15, 0.2) is 0 Å². The topological polar surface area (TPSA) is 33.5 Å². The van der Waals surface area contributed by atoms with Crippen molar-refractivity contribution in [2.75, 3.05) is 16.5 Å². The summed E-state index contributed by atoms with van der Waals surface area (Å²) in [5, 5.41) is 2.33. The summed E-state index contributed by atoms with van der Waals surface area (Å²) >= 11 is 0. The van der Waals surface area contributed by atoms with E-state index < -0.39 is 0 Å². The second kappa shape index (κ2) is 17.3. The Kier molecular flexibility index (Phi) is 11.4. The van der Waals surface area contributed by atoms with Crippen molar-refractivity contribution in [1.29, 1.82) is 0 Å². The molecule has 10 rings (SSSR count). The van der Waals surface area contributed by atoms with Crippen molar-refractivity contribution in [2.24, 2.45) is 10.8 Å². The summed E-state index contributed by atoms with van der Waals surface area (Å²) in [6.07, 6.45) is 1.94. The molecule has 346 valence electrons. The van der Waals surface area contributed by atoms with E-state index in [0.717, 1.165) is 39.4 Å². The van der Waals surface area contributed by atoms with Gasteiger partial charge in [-0.15, -0.1) is 0 Å². The molecule has 0 saturated carbocycles. The number of hydrogen-bond acceptors (Lipinski definition) is 4. The molecule has 0 radical (unpaired) electrons. The fraction of sp³-hybridized carbons (Fsp3) is 0.234. The normalized spacial score (nSPS) is 13.8. The van der Waals surface area contributed by atoms with E-state index in [9.17, 15) is 0 Å². The summed E-state index contributed by atoms with van der Waals surface area (Å²) < 4.78 is 9.19. The lowest BCUT2D eigenvalue weighted by atomic mass is 9.77. The molecule has 7 aromatic carbocycles. The summed E-state index contributed by atoms with van der Waals surface area (Å²) in [7, 11) is 0. The predicted octanol–water partition coefficient (Wildman–Crippen LogP) is 16.9. The van der Waals surface area contributed by atoms with Gasteiger partial charge in [-0.3, -0.25) is 4.57 Å². The summed E-state index contributed by atoms with van der Waals surface area (Å²) in [5.41, 5.74) is 13.7. The highest BCUT2D eigenvalue weighted by molar-refractivity contribution is 6.09. The van der Waals surface area contributed by atoms with Crippen LogP contribution < -0.4 is 14.5 Å². The Labute approximate surface area is 409 Å². The summed E-state index contributed by atoms with van der Waals surface area (Å²) in [5.74, 6) is 2.42. The maximum absolute atomic E-state index is 6.91. The molecular weight excluding hydrogens is 841 g/mol. The number of ether oxygens (including phenoxy) is 1. The third-order valence-electron chi connectivity index (χ3n) is 14.2. The van der Waals surface area contributed by atoms with Gasteiger partial charge in [-0.25, -0.2) is 4.98 Å². The highest BCUT2D eigenvalue weighted by Crippen LogP contribution is 2.50. The number of anilines is 2.